The smallest absolute Gasteiger partial charge is 0.337 e. The van der Waals surface area contributed by atoms with Crippen LogP contribution in [0.2, 0.25) is 0 Å². The minimum atomic E-state index is -1.25. The molecule has 1 amide bonds. The van der Waals surface area contributed by atoms with Crippen LogP contribution in [0.1, 0.15) is 21.5 Å². The van der Waals surface area contributed by atoms with Gasteiger partial charge in [-0.1, -0.05) is 60.7 Å². The number of carbonyl (C=O) groups is 3. The number of piperazine rings is 1. The van der Waals surface area contributed by atoms with E-state index in [0.717, 1.165) is 11.1 Å². The van der Waals surface area contributed by atoms with Crippen LogP contribution in [0.25, 0.3) is 0 Å². The highest BCUT2D eigenvalue weighted by Crippen LogP contribution is 2.45. The lowest BCUT2D eigenvalue weighted by atomic mass is 9.90. The van der Waals surface area contributed by atoms with E-state index in [9.17, 15) is 14.4 Å². The van der Waals surface area contributed by atoms with Crippen molar-refractivity contribution < 1.29 is 23.9 Å². The van der Waals surface area contributed by atoms with Crippen LogP contribution in [0, 0.1) is 0 Å². The predicted molar refractivity (Wildman–Crippen MR) is 128 cm³/mol. The van der Waals surface area contributed by atoms with Crippen LogP contribution < -0.4 is 10.6 Å². The Morgan fingerprint density at radius 1 is 0.943 bits per heavy atom. The predicted octanol–water partition coefficient (Wildman–Crippen LogP) is 2.51. The number of nitrogens with zero attached hydrogens (tertiary/aromatic N) is 1. The summed E-state index contributed by atoms with van der Waals surface area (Å²) in [5, 5.41) is 6.14. The van der Waals surface area contributed by atoms with Gasteiger partial charge >= 0.3 is 11.9 Å². The number of hydrogen-bond donors (Lipinski definition) is 2. The lowest BCUT2D eigenvalue weighted by Gasteiger charge is -2.44. The molecule has 178 valence electrons. The van der Waals surface area contributed by atoms with E-state index in [2.05, 4.69) is 10.6 Å². The Labute approximate surface area is 202 Å². The highest BCUT2D eigenvalue weighted by atomic mass is 16.6. The number of esters is 2. The van der Waals surface area contributed by atoms with E-state index < -0.39 is 23.8 Å². The summed E-state index contributed by atoms with van der Waals surface area (Å²) < 4.78 is 10.9. The molecular weight excluding hydrogens is 446 g/mol. The van der Waals surface area contributed by atoms with E-state index in [4.69, 9.17) is 9.47 Å². The first-order valence-corrected chi connectivity index (χ1v) is 11.4. The average Bonchev–Trinajstić information content (AvgIpc) is 3.23. The Morgan fingerprint density at radius 2 is 1.54 bits per heavy atom. The molecular formula is C27H25N3O5. The number of carbonyl (C=O) groups excluding carboxylic acids is 3. The summed E-state index contributed by atoms with van der Waals surface area (Å²) in [5.74, 6) is -1.13. The number of methoxy groups -OCH3 is 1. The highest BCUT2D eigenvalue weighted by molar-refractivity contribution is 5.97. The lowest BCUT2D eigenvalue weighted by Crippen LogP contribution is -2.65. The van der Waals surface area contributed by atoms with E-state index in [1.807, 2.05) is 65.6 Å². The number of rotatable bonds is 5. The van der Waals surface area contributed by atoms with Crippen LogP contribution in [-0.4, -0.2) is 55.0 Å². The molecule has 2 aliphatic heterocycles. The Bertz CT molecular complexity index is 1190. The normalized spacial score (nSPS) is 21.0. The van der Waals surface area contributed by atoms with Crippen molar-refractivity contribution in [1.82, 2.24) is 10.2 Å². The van der Waals surface area contributed by atoms with Crippen LogP contribution >= 0.6 is 0 Å². The van der Waals surface area contributed by atoms with E-state index >= 15 is 0 Å². The fourth-order valence-corrected chi connectivity index (χ4v) is 4.84. The molecule has 2 aliphatic rings. The molecule has 3 aromatic carbocycles. The number of ether oxygens (including phenoxy) is 2. The molecule has 35 heavy (non-hydrogen) atoms. The van der Waals surface area contributed by atoms with Gasteiger partial charge in [-0.25, -0.2) is 9.69 Å². The molecule has 0 aromatic heterocycles. The first kappa shape index (κ1) is 22.8. The van der Waals surface area contributed by atoms with Gasteiger partial charge in [-0.05, 0) is 24.3 Å². The molecule has 2 N–H and O–H groups in total. The fourth-order valence-electron chi connectivity index (χ4n) is 4.84. The van der Waals surface area contributed by atoms with Gasteiger partial charge in [-0.15, -0.1) is 0 Å². The number of anilines is 1. The quantitative estimate of drug-likeness (QED) is 0.552. The van der Waals surface area contributed by atoms with Gasteiger partial charge in [0, 0.05) is 29.9 Å². The third-order valence-electron chi connectivity index (χ3n) is 6.44. The number of cyclic esters (lactones) is 1. The summed E-state index contributed by atoms with van der Waals surface area (Å²) in [4.78, 5) is 40.3. The van der Waals surface area contributed by atoms with Crippen LogP contribution in [0.5, 0.6) is 0 Å². The first-order chi connectivity index (χ1) is 17.0. The van der Waals surface area contributed by atoms with Gasteiger partial charge in [0.2, 0.25) is 11.6 Å². The minimum absolute atomic E-state index is 0.289. The molecule has 3 aromatic rings. The van der Waals surface area contributed by atoms with Gasteiger partial charge in [0.05, 0.1) is 12.7 Å². The zero-order valence-electron chi connectivity index (χ0n) is 19.1. The Morgan fingerprint density at radius 3 is 2.11 bits per heavy atom. The molecule has 0 saturated carbocycles. The van der Waals surface area contributed by atoms with Gasteiger partial charge in [-0.2, -0.15) is 0 Å². The molecule has 0 bridgehead atoms. The Kier molecular flexibility index (Phi) is 6.07. The van der Waals surface area contributed by atoms with Crippen molar-refractivity contribution in [2.45, 2.75) is 17.8 Å². The summed E-state index contributed by atoms with van der Waals surface area (Å²) >= 11 is 0. The Hall–Kier alpha value is -4.01. The summed E-state index contributed by atoms with van der Waals surface area (Å²) in [6.07, 6.45) is 0. The number of nitrogens with one attached hydrogen (secondary N) is 2. The molecule has 2 unspecified atom stereocenters. The molecule has 0 aliphatic carbocycles. The van der Waals surface area contributed by atoms with Gasteiger partial charge in [0.15, 0.2) is 0 Å². The third kappa shape index (κ3) is 3.96. The van der Waals surface area contributed by atoms with Gasteiger partial charge < -0.3 is 20.1 Å². The number of fused-ring (bicyclic) bond motifs is 1. The van der Waals surface area contributed by atoms with Crippen molar-refractivity contribution in [3.63, 3.8) is 0 Å². The molecule has 8 nitrogen and oxygen atoms in total. The summed E-state index contributed by atoms with van der Waals surface area (Å²) in [6.45, 7) is 0.707. The van der Waals surface area contributed by atoms with E-state index in [1.54, 1.807) is 24.3 Å². The van der Waals surface area contributed by atoms with E-state index in [0.29, 0.717) is 24.3 Å². The summed E-state index contributed by atoms with van der Waals surface area (Å²) in [6, 6.07) is 24.1. The first-order valence-electron chi connectivity index (χ1n) is 11.4. The van der Waals surface area contributed by atoms with Gasteiger partial charge in [0.25, 0.3) is 0 Å². The fraction of sp³-hybridized carbons (Fsp3) is 0.222. The second-order valence-corrected chi connectivity index (χ2v) is 8.45. The second kappa shape index (κ2) is 9.32. The highest BCUT2D eigenvalue weighted by Gasteiger charge is 2.60. The molecule has 2 heterocycles. The van der Waals surface area contributed by atoms with Crippen molar-refractivity contribution in [1.29, 1.82) is 0 Å². The number of benzene rings is 3. The summed E-state index contributed by atoms with van der Waals surface area (Å²) in [5.41, 5.74) is 1.20. The van der Waals surface area contributed by atoms with Crippen LogP contribution in [-0.2, 0) is 24.8 Å². The van der Waals surface area contributed by atoms with Gasteiger partial charge in [0.1, 0.15) is 12.1 Å². The number of amides is 1. The van der Waals surface area contributed by atoms with E-state index in [-0.39, 0.29) is 11.9 Å². The molecule has 0 spiro atoms. The Balaban J connectivity index is 1.53. The SMILES string of the molecule is COC(=O)c1ccc(NC(=O)C2CNCC3C(=O)OC(c4ccccc4)(c4ccccc4)N23)cc1. The molecule has 2 fully saturated rings. The second-order valence-electron chi connectivity index (χ2n) is 8.45. The number of hydrogen-bond acceptors (Lipinski definition) is 7. The zero-order valence-corrected chi connectivity index (χ0v) is 19.1. The van der Waals surface area contributed by atoms with Crippen molar-refractivity contribution in [3.8, 4) is 0 Å². The minimum Gasteiger partial charge on any atom is -0.465 e. The van der Waals surface area contributed by atoms with Crippen molar-refractivity contribution in [3.05, 3.63) is 102 Å². The largest absolute Gasteiger partial charge is 0.465 e. The summed E-state index contributed by atoms with van der Waals surface area (Å²) in [7, 11) is 1.32. The standard InChI is InChI=1S/C27H25N3O5/c1-34-25(32)18-12-14-21(15-13-18)29-24(31)22-16-28-17-23-26(33)35-27(30(22)23,19-8-4-2-5-9-19)20-10-6-3-7-11-20/h2-15,22-23,28H,16-17H2,1H3,(H,29,31). The maximum Gasteiger partial charge on any atom is 0.337 e. The van der Waals surface area contributed by atoms with Crippen molar-refractivity contribution in [2.24, 2.45) is 0 Å². The monoisotopic (exact) mass is 471 g/mol. The van der Waals surface area contributed by atoms with E-state index in [1.165, 1.54) is 7.11 Å². The van der Waals surface area contributed by atoms with Crippen molar-refractivity contribution in [2.75, 3.05) is 25.5 Å². The van der Waals surface area contributed by atoms with Crippen LogP contribution in [0.15, 0.2) is 84.9 Å². The maximum atomic E-state index is 13.6. The van der Waals surface area contributed by atoms with Crippen molar-refractivity contribution >= 4 is 23.5 Å². The molecule has 0 radical (unpaired) electrons. The molecule has 2 saturated heterocycles. The topological polar surface area (TPSA) is 97.0 Å². The van der Waals surface area contributed by atoms with Crippen LogP contribution in [0.3, 0.4) is 0 Å². The van der Waals surface area contributed by atoms with Crippen LogP contribution in [0.4, 0.5) is 5.69 Å². The average molecular weight is 472 g/mol. The molecule has 2 atom stereocenters. The third-order valence-corrected chi connectivity index (χ3v) is 6.44. The molecule has 8 heteroatoms. The molecule has 5 rings (SSSR count). The lowest BCUT2D eigenvalue weighted by molar-refractivity contribution is -0.152. The maximum absolute atomic E-state index is 13.6. The zero-order chi connectivity index (χ0) is 24.4. The van der Waals surface area contributed by atoms with Gasteiger partial charge in [-0.3, -0.25) is 9.59 Å².